The van der Waals surface area contributed by atoms with E-state index in [1.807, 2.05) is 47.8 Å². The van der Waals surface area contributed by atoms with Gasteiger partial charge in [-0.2, -0.15) is 0 Å². The lowest BCUT2D eigenvalue weighted by molar-refractivity contribution is 0.0529. The van der Waals surface area contributed by atoms with Crippen molar-refractivity contribution in [3.8, 4) is 22.6 Å². The lowest BCUT2D eigenvalue weighted by Gasteiger charge is -2.11. The molecule has 0 radical (unpaired) electrons. The Hall–Kier alpha value is -3.84. The molecule has 7 heteroatoms. The third-order valence-corrected chi connectivity index (χ3v) is 6.11. The van der Waals surface area contributed by atoms with Gasteiger partial charge in [-0.05, 0) is 41.5 Å². The Labute approximate surface area is 188 Å². The number of amides is 1. The molecule has 0 spiro atoms. The Kier molecular flexibility index (Phi) is 5.25. The number of rotatable bonds is 5. The molecule has 0 aliphatic carbocycles. The van der Waals surface area contributed by atoms with Crippen molar-refractivity contribution in [1.29, 1.82) is 0 Å². The average Bonchev–Trinajstić information content (AvgIpc) is 3.45. The molecular weight excluding hydrogens is 426 g/mol. The number of nitrogens with one attached hydrogen (secondary N) is 1. The molecule has 32 heavy (non-hydrogen) atoms. The van der Waals surface area contributed by atoms with Crippen LogP contribution in [0.4, 0.5) is 5.00 Å². The number of carbonyl (C=O) groups excluding carboxylic acids is 2. The van der Waals surface area contributed by atoms with E-state index >= 15 is 0 Å². The predicted molar refractivity (Wildman–Crippen MR) is 124 cm³/mol. The van der Waals surface area contributed by atoms with Gasteiger partial charge < -0.3 is 19.5 Å². The molecule has 1 aliphatic heterocycles. The van der Waals surface area contributed by atoms with Crippen LogP contribution in [0.15, 0.2) is 66.0 Å². The molecule has 2 heterocycles. The largest absolute Gasteiger partial charge is 0.462 e. The number of esters is 1. The highest BCUT2D eigenvalue weighted by molar-refractivity contribution is 7.15. The van der Waals surface area contributed by atoms with Crippen LogP contribution in [0.25, 0.3) is 21.9 Å². The van der Waals surface area contributed by atoms with Crippen LogP contribution in [0.3, 0.4) is 0 Å². The van der Waals surface area contributed by atoms with Crippen LogP contribution in [-0.4, -0.2) is 25.3 Å². The summed E-state index contributed by atoms with van der Waals surface area (Å²) in [5.74, 6) is 0.298. The summed E-state index contributed by atoms with van der Waals surface area (Å²) in [6, 6.07) is 18.9. The molecule has 1 amide bonds. The maximum absolute atomic E-state index is 13.0. The van der Waals surface area contributed by atoms with Gasteiger partial charge >= 0.3 is 5.97 Å². The van der Waals surface area contributed by atoms with Crippen LogP contribution in [0.1, 0.15) is 27.6 Å². The molecule has 0 saturated carbocycles. The van der Waals surface area contributed by atoms with Crippen LogP contribution in [0, 0.1) is 0 Å². The highest BCUT2D eigenvalue weighted by Gasteiger charge is 2.25. The van der Waals surface area contributed by atoms with Gasteiger partial charge in [0, 0.05) is 16.5 Å². The fourth-order valence-corrected chi connectivity index (χ4v) is 4.67. The highest BCUT2D eigenvalue weighted by Crippen LogP contribution is 2.40. The van der Waals surface area contributed by atoms with E-state index < -0.39 is 5.97 Å². The summed E-state index contributed by atoms with van der Waals surface area (Å²) in [6.45, 7) is 2.12. The second-order valence-electron chi connectivity index (χ2n) is 7.12. The van der Waals surface area contributed by atoms with E-state index in [0.29, 0.717) is 27.6 Å². The van der Waals surface area contributed by atoms with Gasteiger partial charge in [0.05, 0.1) is 6.61 Å². The van der Waals surface area contributed by atoms with Gasteiger partial charge in [0.25, 0.3) is 5.91 Å². The zero-order valence-electron chi connectivity index (χ0n) is 17.2. The molecule has 1 aliphatic rings. The van der Waals surface area contributed by atoms with E-state index in [1.54, 1.807) is 25.1 Å². The van der Waals surface area contributed by atoms with E-state index in [4.69, 9.17) is 14.2 Å². The zero-order valence-corrected chi connectivity index (χ0v) is 18.0. The molecule has 4 aromatic rings. The first kappa shape index (κ1) is 20.1. The second kappa shape index (κ2) is 8.36. The summed E-state index contributed by atoms with van der Waals surface area (Å²) >= 11 is 1.29. The van der Waals surface area contributed by atoms with E-state index in [1.165, 1.54) is 11.3 Å². The first-order valence-electron chi connectivity index (χ1n) is 10.1. The van der Waals surface area contributed by atoms with Gasteiger partial charge in [-0.15, -0.1) is 11.3 Å². The topological polar surface area (TPSA) is 73.9 Å². The third kappa shape index (κ3) is 3.56. The van der Waals surface area contributed by atoms with E-state index in [-0.39, 0.29) is 19.3 Å². The van der Waals surface area contributed by atoms with Crippen LogP contribution < -0.4 is 14.8 Å². The monoisotopic (exact) mass is 445 g/mol. The van der Waals surface area contributed by atoms with Crippen molar-refractivity contribution in [3.05, 3.63) is 77.2 Å². The van der Waals surface area contributed by atoms with Gasteiger partial charge in [-0.1, -0.05) is 42.5 Å². The summed E-state index contributed by atoms with van der Waals surface area (Å²) in [5.41, 5.74) is 2.39. The number of benzene rings is 3. The molecule has 1 aromatic heterocycles. The van der Waals surface area contributed by atoms with Crippen LogP contribution in [-0.2, 0) is 4.74 Å². The molecule has 160 valence electrons. The molecular formula is C25H19NO5S. The summed E-state index contributed by atoms with van der Waals surface area (Å²) in [6.07, 6.45) is 0. The molecule has 3 aromatic carbocycles. The SMILES string of the molecule is CCOC(=O)c1c(-c2cccc3ccccc23)csc1NC(=O)c1ccc2c(c1)OCO2. The summed E-state index contributed by atoms with van der Waals surface area (Å²) in [4.78, 5) is 25.9. The van der Waals surface area contributed by atoms with E-state index in [9.17, 15) is 9.59 Å². The van der Waals surface area contributed by atoms with E-state index in [2.05, 4.69) is 5.32 Å². The number of hydrogen-bond donors (Lipinski definition) is 1. The van der Waals surface area contributed by atoms with Gasteiger partial charge in [0.2, 0.25) is 6.79 Å². The van der Waals surface area contributed by atoms with Crippen molar-refractivity contribution >= 4 is 39.0 Å². The van der Waals surface area contributed by atoms with Crippen LogP contribution in [0.5, 0.6) is 11.5 Å². The number of thiophene rings is 1. The lowest BCUT2D eigenvalue weighted by Crippen LogP contribution is -2.14. The number of fused-ring (bicyclic) bond motifs is 2. The minimum Gasteiger partial charge on any atom is -0.462 e. The second-order valence-corrected chi connectivity index (χ2v) is 8.00. The molecule has 0 bridgehead atoms. The van der Waals surface area contributed by atoms with Crippen molar-refractivity contribution in [2.24, 2.45) is 0 Å². The molecule has 5 rings (SSSR count). The van der Waals surface area contributed by atoms with Crippen LogP contribution >= 0.6 is 11.3 Å². The normalized spacial score (nSPS) is 12.0. The Morgan fingerprint density at radius 3 is 2.69 bits per heavy atom. The lowest BCUT2D eigenvalue weighted by atomic mass is 9.97. The fraction of sp³-hybridized carbons (Fsp3) is 0.120. The van der Waals surface area contributed by atoms with Crippen molar-refractivity contribution in [2.75, 3.05) is 18.7 Å². The van der Waals surface area contributed by atoms with Gasteiger partial charge in [-0.25, -0.2) is 4.79 Å². The zero-order chi connectivity index (χ0) is 22.1. The predicted octanol–water partition coefficient (Wildman–Crippen LogP) is 5.73. The van der Waals surface area contributed by atoms with Gasteiger partial charge in [0.1, 0.15) is 10.6 Å². The first-order valence-corrected chi connectivity index (χ1v) is 11.0. The maximum Gasteiger partial charge on any atom is 0.341 e. The summed E-state index contributed by atoms with van der Waals surface area (Å²) in [5, 5.41) is 7.28. The van der Waals surface area contributed by atoms with Crippen molar-refractivity contribution in [2.45, 2.75) is 6.92 Å². The molecule has 0 unspecified atom stereocenters. The smallest absolute Gasteiger partial charge is 0.341 e. The minimum absolute atomic E-state index is 0.132. The van der Waals surface area contributed by atoms with Gasteiger partial charge in [-0.3, -0.25) is 4.79 Å². The number of carbonyl (C=O) groups is 2. The van der Waals surface area contributed by atoms with Crippen molar-refractivity contribution in [3.63, 3.8) is 0 Å². The minimum atomic E-state index is -0.474. The summed E-state index contributed by atoms with van der Waals surface area (Å²) < 4.78 is 16.0. The number of hydrogen-bond acceptors (Lipinski definition) is 6. The molecule has 6 nitrogen and oxygen atoms in total. The first-order chi connectivity index (χ1) is 15.7. The standard InChI is InChI=1S/C25H19NO5S/c1-2-29-25(28)22-19(18-9-5-7-15-6-3-4-8-17(15)18)13-32-24(22)26-23(27)16-10-11-20-21(12-16)31-14-30-20/h3-13H,2,14H2,1H3,(H,26,27). The number of ether oxygens (including phenoxy) is 3. The van der Waals surface area contributed by atoms with Crippen molar-refractivity contribution in [1.82, 2.24) is 0 Å². The van der Waals surface area contributed by atoms with Crippen LogP contribution in [0.2, 0.25) is 0 Å². The van der Waals surface area contributed by atoms with E-state index in [0.717, 1.165) is 21.9 Å². The quantitative estimate of drug-likeness (QED) is 0.397. The Bertz CT molecular complexity index is 1340. The Morgan fingerprint density at radius 1 is 1.00 bits per heavy atom. The Morgan fingerprint density at radius 2 is 1.81 bits per heavy atom. The Balaban J connectivity index is 1.55. The summed E-state index contributed by atoms with van der Waals surface area (Å²) in [7, 11) is 0. The fourth-order valence-electron chi connectivity index (χ4n) is 3.73. The van der Waals surface area contributed by atoms with Gasteiger partial charge in [0.15, 0.2) is 11.5 Å². The third-order valence-electron chi connectivity index (χ3n) is 5.21. The van der Waals surface area contributed by atoms with Crippen molar-refractivity contribution < 1.29 is 23.8 Å². The molecule has 0 atom stereocenters. The maximum atomic E-state index is 13.0. The molecule has 1 N–H and O–H groups in total. The number of anilines is 1. The average molecular weight is 445 g/mol. The highest BCUT2D eigenvalue weighted by atomic mass is 32.1. The molecule has 0 saturated heterocycles. The molecule has 0 fully saturated rings.